The van der Waals surface area contributed by atoms with Gasteiger partial charge in [0.25, 0.3) is 5.91 Å². The number of nitrogens with one attached hydrogen (secondary N) is 1. The van der Waals surface area contributed by atoms with E-state index in [0.29, 0.717) is 18.9 Å². The van der Waals surface area contributed by atoms with Crippen molar-refractivity contribution in [1.82, 2.24) is 0 Å². The van der Waals surface area contributed by atoms with Gasteiger partial charge in [-0.25, -0.2) is 8.42 Å². The van der Waals surface area contributed by atoms with Crippen LogP contribution in [0.2, 0.25) is 0 Å². The second-order valence-corrected chi connectivity index (χ2v) is 8.25. The number of ether oxygens (including phenoxy) is 1. The molecule has 0 aliphatic carbocycles. The lowest BCUT2D eigenvalue weighted by atomic mass is 10.2. The fourth-order valence-electron chi connectivity index (χ4n) is 2.88. The van der Waals surface area contributed by atoms with Crippen molar-refractivity contribution < 1.29 is 17.9 Å². The van der Waals surface area contributed by atoms with Crippen molar-refractivity contribution in [2.75, 3.05) is 42.3 Å². The molecule has 1 saturated heterocycles. The Morgan fingerprint density at radius 2 is 1.85 bits per heavy atom. The molecule has 1 fully saturated rings. The van der Waals surface area contributed by atoms with Crippen molar-refractivity contribution in [2.24, 2.45) is 0 Å². The van der Waals surface area contributed by atoms with Gasteiger partial charge >= 0.3 is 0 Å². The smallest absolute Gasteiger partial charge is 0.256 e. The predicted molar refractivity (Wildman–Crippen MR) is 102 cm³/mol. The molecular weight excluding hydrogens is 352 g/mol. The van der Waals surface area contributed by atoms with Gasteiger partial charge in [0.05, 0.1) is 29.4 Å². The van der Waals surface area contributed by atoms with Crippen LogP contribution in [0.1, 0.15) is 17.3 Å². The van der Waals surface area contributed by atoms with Gasteiger partial charge in [0.1, 0.15) is 0 Å². The summed E-state index contributed by atoms with van der Waals surface area (Å²) in [5.41, 5.74) is 1.79. The zero-order valence-corrected chi connectivity index (χ0v) is 15.5. The Kier molecular flexibility index (Phi) is 5.58. The summed E-state index contributed by atoms with van der Waals surface area (Å²) >= 11 is 0. The molecule has 1 aliphatic heterocycles. The van der Waals surface area contributed by atoms with Crippen molar-refractivity contribution in [3.63, 3.8) is 0 Å². The summed E-state index contributed by atoms with van der Waals surface area (Å²) in [6.45, 7) is 4.53. The third-order valence-corrected chi connectivity index (χ3v) is 6.11. The van der Waals surface area contributed by atoms with Gasteiger partial charge in [-0.3, -0.25) is 4.79 Å². The molecular formula is C19H22N2O4S. The summed E-state index contributed by atoms with van der Waals surface area (Å²) in [5, 5.41) is 2.81. The fourth-order valence-corrected chi connectivity index (χ4v) is 3.97. The quantitative estimate of drug-likeness (QED) is 0.871. The van der Waals surface area contributed by atoms with E-state index in [9.17, 15) is 13.2 Å². The lowest BCUT2D eigenvalue weighted by molar-refractivity contribution is 0.102. The number of hydrogen-bond acceptors (Lipinski definition) is 5. The van der Waals surface area contributed by atoms with E-state index >= 15 is 0 Å². The third kappa shape index (κ3) is 4.05. The maximum atomic E-state index is 12.7. The van der Waals surface area contributed by atoms with Crippen molar-refractivity contribution in [2.45, 2.75) is 11.8 Å². The molecule has 0 radical (unpaired) electrons. The molecule has 138 valence electrons. The van der Waals surface area contributed by atoms with Crippen LogP contribution >= 0.6 is 0 Å². The van der Waals surface area contributed by atoms with Gasteiger partial charge in [-0.1, -0.05) is 25.1 Å². The monoisotopic (exact) mass is 374 g/mol. The summed E-state index contributed by atoms with van der Waals surface area (Å²) in [5.74, 6) is -0.485. The molecule has 0 bridgehead atoms. The van der Waals surface area contributed by atoms with Gasteiger partial charge in [-0.15, -0.1) is 0 Å². The van der Waals surface area contributed by atoms with Gasteiger partial charge in [0.2, 0.25) is 0 Å². The SMILES string of the molecule is CCS(=O)(=O)c1ccccc1C(=O)Nc1cccc(N2CCOCC2)c1. The Morgan fingerprint density at radius 3 is 2.58 bits per heavy atom. The Labute approximate surface area is 153 Å². The van der Waals surface area contributed by atoms with Gasteiger partial charge < -0.3 is 15.0 Å². The number of rotatable bonds is 5. The summed E-state index contributed by atoms with van der Waals surface area (Å²) in [6, 6.07) is 13.8. The normalized spacial score (nSPS) is 14.9. The summed E-state index contributed by atoms with van der Waals surface area (Å²) < 4.78 is 29.8. The van der Waals surface area contributed by atoms with Crippen LogP contribution in [0.5, 0.6) is 0 Å². The number of benzene rings is 2. The van der Waals surface area contributed by atoms with Crippen LogP contribution in [0.3, 0.4) is 0 Å². The molecule has 26 heavy (non-hydrogen) atoms. The molecule has 1 heterocycles. The highest BCUT2D eigenvalue weighted by Gasteiger charge is 2.21. The number of amides is 1. The maximum absolute atomic E-state index is 12.7. The summed E-state index contributed by atoms with van der Waals surface area (Å²) in [7, 11) is -3.47. The van der Waals surface area contributed by atoms with Crippen LogP contribution in [0.25, 0.3) is 0 Å². The van der Waals surface area contributed by atoms with Crippen LogP contribution in [-0.4, -0.2) is 46.4 Å². The first kappa shape index (κ1) is 18.4. The largest absolute Gasteiger partial charge is 0.378 e. The Hall–Kier alpha value is -2.38. The van der Waals surface area contributed by atoms with Gasteiger partial charge in [-0.2, -0.15) is 0 Å². The highest BCUT2D eigenvalue weighted by Crippen LogP contribution is 2.23. The van der Waals surface area contributed by atoms with Gasteiger partial charge in [0.15, 0.2) is 9.84 Å². The van der Waals surface area contributed by atoms with E-state index in [2.05, 4.69) is 10.2 Å². The van der Waals surface area contributed by atoms with Crippen molar-refractivity contribution in [1.29, 1.82) is 0 Å². The van der Waals surface area contributed by atoms with Gasteiger partial charge in [-0.05, 0) is 30.3 Å². The second kappa shape index (κ2) is 7.88. The topological polar surface area (TPSA) is 75.7 Å². The van der Waals surface area contributed by atoms with E-state index in [1.54, 1.807) is 25.1 Å². The van der Waals surface area contributed by atoms with E-state index in [1.165, 1.54) is 12.1 Å². The Morgan fingerprint density at radius 1 is 1.12 bits per heavy atom. The Bertz CT molecular complexity index is 890. The first-order valence-corrected chi connectivity index (χ1v) is 10.2. The molecule has 0 atom stereocenters. The highest BCUT2D eigenvalue weighted by molar-refractivity contribution is 7.91. The summed E-state index contributed by atoms with van der Waals surface area (Å²) in [4.78, 5) is 14.9. The number of hydrogen-bond donors (Lipinski definition) is 1. The minimum absolute atomic E-state index is 0.0518. The van der Waals surface area contributed by atoms with Crippen LogP contribution in [0.4, 0.5) is 11.4 Å². The molecule has 0 unspecified atom stereocenters. The molecule has 1 N–H and O–H groups in total. The first-order chi connectivity index (χ1) is 12.5. The molecule has 1 amide bonds. The predicted octanol–water partition coefficient (Wildman–Crippen LogP) is 2.57. The van der Waals surface area contributed by atoms with E-state index in [4.69, 9.17) is 4.74 Å². The molecule has 0 aromatic heterocycles. The second-order valence-electron chi connectivity index (χ2n) is 6.00. The van der Waals surface area contributed by atoms with Crippen LogP contribution in [0.15, 0.2) is 53.4 Å². The van der Waals surface area contributed by atoms with Crippen molar-refractivity contribution in [3.8, 4) is 0 Å². The van der Waals surface area contributed by atoms with Crippen molar-refractivity contribution >= 4 is 27.1 Å². The first-order valence-electron chi connectivity index (χ1n) is 8.57. The number of carbonyl (C=O) groups is 1. The molecule has 6 nitrogen and oxygen atoms in total. The number of anilines is 2. The van der Waals surface area contributed by atoms with Crippen molar-refractivity contribution in [3.05, 3.63) is 54.1 Å². The van der Waals surface area contributed by atoms with E-state index in [1.807, 2.05) is 18.2 Å². The zero-order chi connectivity index (χ0) is 18.6. The average Bonchev–Trinajstić information content (AvgIpc) is 2.69. The highest BCUT2D eigenvalue weighted by atomic mass is 32.2. The fraction of sp³-hybridized carbons (Fsp3) is 0.316. The lowest BCUT2D eigenvalue weighted by Crippen LogP contribution is -2.36. The number of nitrogens with zero attached hydrogens (tertiary/aromatic N) is 1. The minimum Gasteiger partial charge on any atom is -0.378 e. The van der Waals surface area contributed by atoms with Crippen LogP contribution in [-0.2, 0) is 14.6 Å². The Balaban J connectivity index is 1.83. The third-order valence-electron chi connectivity index (χ3n) is 4.33. The zero-order valence-electron chi connectivity index (χ0n) is 14.6. The molecule has 0 saturated carbocycles. The summed E-state index contributed by atoms with van der Waals surface area (Å²) in [6.07, 6.45) is 0. The maximum Gasteiger partial charge on any atom is 0.256 e. The van der Waals surface area contributed by atoms with E-state index in [-0.39, 0.29) is 16.2 Å². The molecule has 2 aromatic carbocycles. The standard InChI is InChI=1S/C19H22N2O4S/c1-2-26(23,24)18-9-4-3-8-17(18)19(22)20-15-6-5-7-16(14-15)21-10-12-25-13-11-21/h3-9,14H,2,10-13H2,1H3,(H,20,22). The minimum atomic E-state index is -3.47. The number of morpholine rings is 1. The number of carbonyl (C=O) groups excluding carboxylic acids is 1. The van der Waals surface area contributed by atoms with Gasteiger partial charge in [0, 0.05) is 24.5 Å². The van der Waals surface area contributed by atoms with E-state index < -0.39 is 15.7 Å². The molecule has 0 spiro atoms. The van der Waals surface area contributed by atoms with Crippen LogP contribution in [0, 0.1) is 0 Å². The molecule has 3 rings (SSSR count). The van der Waals surface area contributed by atoms with Crippen LogP contribution < -0.4 is 10.2 Å². The average molecular weight is 374 g/mol. The molecule has 7 heteroatoms. The molecule has 1 aliphatic rings. The number of sulfone groups is 1. The lowest BCUT2D eigenvalue weighted by Gasteiger charge is -2.29. The molecule has 2 aromatic rings. The van der Waals surface area contributed by atoms with E-state index in [0.717, 1.165) is 18.8 Å².